The first kappa shape index (κ1) is 16.8. The highest BCUT2D eigenvalue weighted by molar-refractivity contribution is 6.34. The Morgan fingerprint density at radius 1 is 1.19 bits per heavy atom. The molecule has 2 aromatic carbocycles. The summed E-state index contributed by atoms with van der Waals surface area (Å²) in [4.78, 5) is 14.8. The summed E-state index contributed by atoms with van der Waals surface area (Å²) >= 11 is 6.11. The molecule has 26 heavy (non-hydrogen) atoms. The quantitative estimate of drug-likeness (QED) is 0.753. The Balaban J connectivity index is 1.48. The van der Waals surface area contributed by atoms with Crippen molar-refractivity contribution in [3.8, 4) is 0 Å². The van der Waals surface area contributed by atoms with Crippen molar-refractivity contribution in [2.75, 3.05) is 11.9 Å². The van der Waals surface area contributed by atoms with Crippen molar-refractivity contribution in [1.29, 1.82) is 0 Å². The number of benzene rings is 2. The third-order valence-electron chi connectivity index (χ3n) is 4.55. The highest BCUT2D eigenvalue weighted by Crippen LogP contribution is 2.24. The molecule has 1 amide bonds. The van der Waals surface area contributed by atoms with E-state index >= 15 is 0 Å². The topological polar surface area (TPSA) is 58.4 Å². The molecular weight excluding hydrogens is 350 g/mol. The normalized spacial score (nSPS) is 14.0. The van der Waals surface area contributed by atoms with E-state index in [1.54, 1.807) is 24.5 Å². The molecule has 0 aliphatic carbocycles. The van der Waals surface area contributed by atoms with Gasteiger partial charge in [-0.3, -0.25) is 9.69 Å². The number of nitrogens with zero attached hydrogens (tertiary/aromatic N) is 2. The standard InChI is InChI=1S/C20H18ClN3O2/c21-19-4-2-1-3-18(19)20(25)22-16-6-5-14-7-9-24(12-15(14)11-16)13-17-8-10-26-23-17/h1-6,8,10-11H,7,9,12-13H2,(H,22,25). The zero-order valence-corrected chi connectivity index (χ0v) is 14.9. The Morgan fingerprint density at radius 2 is 2.08 bits per heavy atom. The van der Waals surface area contributed by atoms with Gasteiger partial charge in [-0.1, -0.05) is 35.0 Å². The average molecular weight is 368 g/mol. The second-order valence-corrected chi connectivity index (χ2v) is 6.78. The summed E-state index contributed by atoms with van der Waals surface area (Å²) < 4.78 is 4.91. The first-order valence-corrected chi connectivity index (χ1v) is 8.86. The van der Waals surface area contributed by atoms with Crippen LogP contribution in [-0.4, -0.2) is 22.5 Å². The zero-order valence-electron chi connectivity index (χ0n) is 14.1. The molecule has 0 bridgehead atoms. The molecule has 5 nitrogen and oxygen atoms in total. The minimum Gasteiger partial charge on any atom is -0.364 e. The number of anilines is 1. The molecule has 1 aromatic heterocycles. The van der Waals surface area contributed by atoms with Crippen LogP contribution >= 0.6 is 11.6 Å². The van der Waals surface area contributed by atoms with Gasteiger partial charge in [-0.25, -0.2) is 0 Å². The molecule has 0 unspecified atom stereocenters. The van der Waals surface area contributed by atoms with E-state index in [9.17, 15) is 4.79 Å². The fraction of sp³-hybridized carbons (Fsp3) is 0.200. The second-order valence-electron chi connectivity index (χ2n) is 6.37. The van der Waals surface area contributed by atoms with E-state index in [4.69, 9.17) is 16.1 Å². The maximum atomic E-state index is 12.5. The molecule has 132 valence electrons. The number of amides is 1. The highest BCUT2D eigenvalue weighted by Gasteiger charge is 2.18. The van der Waals surface area contributed by atoms with Gasteiger partial charge >= 0.3 is 0 Å². The molecule has 0 radical (unpaired) electrons. The van der Waals surface area contributed by atoms with Gasteiger partial charge in [0.1, 0.15) is 6.26 Å². The van der Waals surface area contributed by atoms with Gasteiger partial charge in [-0.2, -0.15) is 0 Å². The van der Waals surface area contributed by atoms with Crippen molar-refractivity contribution >= 4 is 23.2 Å². The molecule has 0 saturated carbocycles. The fourth-order valence-corrected chi connectivity index (χ4v) is 3.44. The number of fused-ring (bicyclic) bond motifs is 1. The minimum atomic E-state index is -0.203. The van der Waals surface area contributed by atoms with Gasteiger partial charge in [-0.15, -0.1) is 0 Å². The number of nitrogens with one attached hydrogen (secondary N) is 1. The first-order chi connectivity index (χ1) is 12.7. The van der Waals surface area contributed by atoms with Crippen molar-refractivity contribution in [1.82, 2.24) is 10.1 Å². The first-order valence-electron chi connectivity index (χ1n) is 8.48. The van der Waals surface area contributed by atoms with E-state index in [1.807, 2.05) is 24.3 Å². The van der Waals surface area contributed by atoms with Crippen molar-refractivity contribution in [2.24, 2.45) is 0 Å². The smallest absolute Gasteiger partial charge is 0.257 e. The SMILES string of the molecule is O=C(Nc1ccc2c(c1)CN(Cc1ccon1)CC2)c1ccccc1Cl. The number of hydrogen-bond donors (Lipinski definition) is 1. The molecule has 0 atom stereocenters. The Hall–Kier alpha value is -2.63. The molecule has 0 fully saturated rings. The number of aromatic nitrogens is 1. The van der Waals surface area contributed by atoms with Crippen LogP contribution in [0, 0.1) is 0 Å². The van der Waals surface area contributed by atoms with Crippen LogP contribution in [0.5, 0.6) is 0 Å². The number of hydrogen-bond acceptors (Lipinski definition) is 4. The number of rotatable bonds is 4. The van der Waals surface area contributed by atoms with Crippen LogP contribution < -0.4 is 5.32 Å². The van der Waals surface area contributed by atoms with Crippen LogP contribution in [0.1, 0.15) is 27.2 Å². The molecule has 0 saturated heterocycles. The van der Waals surface area contributed by atoms with E-state index in [0.29, 0.717) is 10.6 Å². The molecule has 2 heterocycles. The maximum Gasteiger partial charge on any atom is 0.257 e. The van der Waals surface area contributed by atoms with Gasteiger partial charge in [0.2, 0.25) is 0 Å². The lowest BCUT2D eigenvalue weighted by atomic mass is 9.99. The summed E-state index contributed by atoms with van der Waals surface area (Å²) in [6, 6.07) is 15.0. The van der Waals surface area contributed by atoms with Crippen LogP contribution in [0.3, 0.4) is 0 Å². The molecule has 1 aliphatic rings. The lowest BCUT2D eigenvalue weighted by Gasteiger charge is -2.28. The summed E-state index contributed by atoms with van der Waals surface area (Å²) in [6.07, 6.45) is 2.57. The van der Waals surface area contributed by atoms with Gasteiger partial charge in [-0.05, 0) is 41.8 Å². The maximum absolute atomic E-state index is 12.5. The predicted molar refractivity (Wildman–Crippen MR) is 100 cm³/mol. The van der Waals surface area contributed by atoms with Gasteiger partial charge < -0.3 is 9.84 Å². The van der Waals surface area contributed by atoms with E-state index in [1.165, 1.54) is 11.1 Å². The van der Waals surface area contributed by atoms with Gasteiger partial charge in [0.25, 0.3) is 5.91 Å². The molecule has 3 aromatic rings. The molecule has 0 spiro atoms. The van der Waals surface area contributed by atoms with Crippen LogP contribution in [0.2, 0.25) is 5.02 Å². The number of carbonyl (C=O) groups is 1. The third kappa shape index (κ3) is 3.64. The van der Waals surface area contributed by atoms with Crippen LogP contribution in [0.25, 0.3) is 0 Å². The van der Waals surface area contributed by atoms with E-state index in [0.717, 1.165) is 37.4 Å². The highest BCUT2D eigenvalue weighted by atomic mass is 35.5. The zero-order chi connectivity index (χ0) is 17.9. The Morgan fingerprint density at radius 3 is 2.88 bits per heavy atom. The lowest BCUT2D eigenvalue weighted by Crippen LogP contribution is -2.30. The summed E-state index contributed by atoms with van der Waals surface area (Å²) in [5, 5.41) is 7.37. The minimum absolute atomic E-state index is 0.203. The van der Waals surface area contributed by atoms with E-state index < -0.39 is 0 Å². The predicted octanol–water partition coefficient (Wildman–Crippen LogP) is 4.14. The Bertz CT molecular complexity index is 925. The van der Waals surface area contributed by atoms with Crippen LogP contribution in [0.15, 0.2) is 59.3 Å². The summed E-state index contributed by atoms with van der Waals surface area (Å²) in [7, 11) is 0. The third-order valence-corrected chi connectivity index (χ3v) is 4.88. The monoisotopic (exact) mass is 367 g/mol. The molecule has 4 rings (SSSR count). The summed E-state index contributed by atoms with van der Waals surface area (Å²) in [5.74, 6) is -0.203. The fourth-order valence-electron chi connectivity index (χ4n) is 3.22. The second kappa shape index (κ2) is 7.32. The molecular formula is C20H18ClN3O2. The van der Waals surface area contributed by atoms with Crippen molar-refractivity contribution in [3.63, 3.8) is 0 Å². The van der Waals surface area contributed by atoms with E-state index in [2.05, 4.69) is 21.4 Å². The van der Waals surface area contributed by atoms with Crippen LogP contribution in [0.4, 0.5) is 5.69 Å². The lowest BCUT2D eigenvalue weighted by molar-refractivity contribution is 0.102. The average Bonchev–Trinajstić information content (AvgIpc) is 3.15. The van der Waals surface area contributed by atoms with Gasteiger partial charge in [0, 0.05) is 31.4 Å². The molecule has 6 heteroatoms. The largest absolute Gasteiger partial charge is 0.364 e. The van der Waals surface area contributed by atoms with Crippen molar-refractivity contribution in [3.05, 3.63) is 82.2 Å². The number of carbonyl (C=O) groups excluding carboxylic acids is 1. The number of halogens is 1. The van der Waals surface area contributed by atoms with Crippen molar-refractivity contribution in [2.45, 2.75) is 19.5 Å². The van der Waals surface area contributed by atoms with Gasteiger partial charge in [0.05, 0.1) is 16.3 Å². The molecule has 1 aliphatic heterocycles. The Kier molecular flexibility index (Phi) is 4.73. The van der Waals surface area contributed by atoms with E-state index in [-0.39, 0.29) is 5.91 Å². The summed E-state index contributed by atoms with van der Waals surface area (Å²) in [6.45, 7) is 2.55. The van der Waals surface area contributed by atoms with Crippen molar-refractivity contribution < 1.29 is 9.32 Å². The Labute approximate surface area is 156 Å². The van der Waals surface area contributed by atoms with Gasteiger partial charge in [0.15, 0.2) is 0 Å². The molecule has 1 N–H and O–H groups in total. The summed E-state index contributed by atoms with van der Waals surface area (Å²) in [5.41, 5.74) is 4.71. The van der Waals surface area contributed by atoms with Crippen LogP contribution in [-0.2, 0) is 19.5 Å².